The molecule has 0 atom stereocenters. The summed E-state index contributed by atoms with van der Waals surface area (Å²) >= 11 is 1.57. The molecule has 0 fully saturated rings. The molecule has 0 aliphatic rings. The van der Waals surface area contributed by atoms with Gasteiger partial charge in [0.1, 0.15) is 11.5 Å². The molecule has 3 aromatic rings. The molecule has 1 amide bonds. The number of hydrogen-bond donors (Lipinski definition) is 0. The first-order valence-corrected chi connectivity index (χ1v) is 10.8. The van der Waals surface area contributed by atoms with E-state index in [1.165, 1.54) is 5.56 Å². The number of anilines is 1. The van der Waals surface area contributed by atoms with Crippen molar-refractivity contribution in [3.05, 3.63) is 47.5 Å². The SMILES string of the molecule is COc1cccc(OCC(=O)N(CCCN(C)C)c2nc3c(C)ccc(C)c3s2)c1.Cl. The summed E-state index contributed by atoms with van der Waals surface area (Å²) in [7, 11) is 5.67. The fourth-order valence-electron chi connectivity index (χ4n) is 3.15. The van der Waals surface area contributed by atoms with E-state index in [1.54, 1.807) is 29.4 Å². The minimum Gasteiger partial charge on any atom is -0.497 e. The molecule has 0 saturated carbocycles. The number of carbonyl (C=O) groups is 1. The number of carbonyl (C=O) groups excluding carboxylic acids is 1. The highest BCUT2D eigenvalue weighted by atomic mass is 35.5. The molecule has 1 aromatic heterocycles. The van der Waals surface area contributed by atoms with E-state index >= 15 is 0 Å². The topological polar surface area (TPSA) is 54.9 Å². The molecule has 8 heteroatoms. The third-order valence-corrected chi connectivity index (χ3v) is 6.07. The van der Waals surface area contributed by atoms with E-state index in [0.717, 1.165) is 33.9 Å². The van der Waals surface area contributed by atoms with Gasteiger partial charge in [-0.3, -0.25) is 9.69 Å². The summed E-state index contributed by atoms with van der Waals surface area (Å²) in [4.78, 5) is 21.8. The van der Waals surface area contributed by atoms with Crippen molar-refractivity contribution >= 4 is 45.0 Å². The zero-order valence-corrected chi connectivity index (χ0v) is 20.3. The maximum Gasteiger partial charge on any atom is 0.266 e. The lowest BCUT2D eigenvalue weighted by Crippen LogP contribution is -2.36. The van der Waals surface area contributed by atoms with Gasteiger partial charge in [-0.1, -0.05) is 29.5 Å². The summed E-state index contributed by atoms with van der Waals surface area (Å²) in [6, 6.07) is 11.4. The predicted molar refractivity (Wildman–Crippen MR) is 130 cm³/mol. The third kappa shape index (κ3) is 6.32. The van der Waals surface area contributed by atoms with Gasteiger partial charge in [0, 0.05) is 12.6 Å². The van der Waals surface area contributed by atoms with Gasteiger partial charge in [0.15, 0.2) is 11.7 Å². The summed E-state index contributed by atoms with van der Waals surface area (Å²) in [6.07, 6.45) is 0.853. The normalized spacial score (nSPS) is 10.8. The summed E-state index contributed by atoms with van der Waals surface area (Å²) < 4.78 is 12.1. The van der Waals surface area contributed by atoms with Crippen LogP contribution >= 0.6 is 23.7 Å². The molecule has 0 spiro atoms. The molecule has 0 saturated heterocycles. The smallest absolute Gasteiger partial charge is 0.266 e. The highest BCUT2D eigenvalue weighted by Gasteiger charge is 2.21. The van der Waals surface area contributed by atoms with Gasteiger partial charge in [-0.15, -0.1) is 12.4 Å². The molecule has 0 bridgehead atoms. The van der Waals surface area contributed by atoms with E-state index in [-0.39, 0.29) is 24.9 Å². The van der Waals surface area contributed by atoms with Crippen LogP contribution in [0.3, 0.4) is 0 Å². The van der Waals surface area contributed by atoms with Gasteiger partial charge in [0.2, 0.25) is 0 Å². The Morgan fingerprint density at radius 3 is 2.45 bits per heavy atom. The highest BCUT2D eigenvalue weighted by Crippen LogP contribution is 2.33. The zero-order valence-electron chi connectivity index (χ0n) is 18.7. The molecule has 3 rings (SSSR count). The number of thiazole rings is 1. The zero-order chi connectivity index (χ0) is 21.7. The minimum atomic E-state index is -0.106. The molecule has 0 aliphatic carbocycles. The number of benzene rings is 2. The number of fused-ring (bicyclic) bond motifs is 1. The molecular weight excluding hydrogens is 434 g/mol. The van der Waals surface area contributed by atoms with Crippen molar-refractivity contribution in [2.45, 2.75) is 20.3 Å². The first kappa shape index (κ1) is 24.9. The Bertz CT molecular complexity index is 983. The quantitative estimate of drug-likeness (QED) is 0.460. The van der Waals surface area contributed by atoms with E-state index < -0.39 is 0 Å². The fraction of sp³-hybridized carbons (Fsp3) is 0.391. The van der Waals surface area contributed by atoms with Crippen molar-refractivity contribution in [2.75, 3.05) is 45.8 Å². The second-order valence-electron chi connectivity index (χ2n) is 7.54. The van der Waals surface area contributed by atoms with Crippen molar-refractivity contribution in [1.29, 1.82) is 0 Å². The van der Waals surface area contributed by atoms with Crippen molar-refractivity contribution in [3.63, 3.8) is 0 Å². The highest BCUT2D eigenvalue weighted by molar-refractivity contribution is 7.22. The Balaban J connectivity index is 0.00000341. The Morgan fingerprint density at radius 2 is 1.77 bits per heavy atom. The van der Waals surface area contributed by atoms with Crippen LogP contribution in [0.4, 0.5) is 5.13 Å². The van der Waals surface area contributed by atoms with Gasteiger partial charge in [-0.05, 0) is 64.2 Å². The molecule has 0 N–H and O–H groups in total. The lowest BCUT2D eigenvalue weighted by atomic mass is 10.1. The largest absolute Gasteiger partial charge is 0.497 e. The van der Waals surface area contributed by atoms with Crippen LogP contribution in [0.5, 0.6) is 11.5 Å². The molecule has 6 nitrogen and oxygen atoms in total. The first-order chi connectivity index (χ1) is 14.4. The van der Waals surface area contributed by atoms with Gasteiger partial charge in [-0.25, -0.2) is 4.98 Å². The van der Waals surface area contributed by atoms with Gasteiger partial charge >= 0.3 is 0 Å². The van der Waals surface area contributed by atoms with Gasteiger partial charge in [0.25, 0.3) is 5.91 Å². The van der Waals surface area contributed by atoms with Gasteiger partial charge < -0.3 is 14.4 Å². The lowest BCUT2D eigenvalue weighted by molar-refractivity contribution is -0.120. The molecular formula is C23H30ClN3O3S. The monoisotopic (exact) mass is 463 g/mol. The van der Waals surface area contributed by atoms with Crippen LogP contribution in [0.15, 0.2) is 36.4 Å². The lowest BCUT2D eigenvalue weighted by Gasteiger charge is -2.21. The Labute approximate surface area is 194 Å². The molecule has 168 valence electrons. The second kappa shape index (κ2) is 11.3. The number of amides is 1. The van der Waals surface area contributed by atoms with E-state index in [4.69, 9.17) is 14.5 Å². The molecule has 0 aliphatic heterocycles. The maximum absolute atomic E-state index is 13.1. The van der Waals surface area contributed by atoms with Crippen LogP contribution in [-0.4, -0.2) is 56.7 Å². The Kier molecular flexibility index (Phi) is 9.10. The van der Waals surface area contributed by atoms with Gasteiger partial charge in [-0.2, -0.15) is 0 Å². The predicted octanol–water partition coefficient (Wildman–Crippen LogP) is 4.71. The van der Waals surface area contributed by atoms with Crippen LogP contribution in [0.2, 0.25) is 0 Å². The standard InChI is InChI=1S/C23H29N3O3S.ClH/c1-16-10-11-17(2)22-21(16)24-23(30-22)26(13-7-12-25(3)4)20(27)15-29-19-9-6-8-18(14-19)28-5;/h6,8-11,14H,7,12-13,15H2,1-5H3;1H. The van der Waals surface area contributed by atoms with E-state index in [1.807, 2.05) is 32.3 Å². The van der Waals surface area contributed by atoms with Crippen LogP contribution < -0.4 is 14.4 Å². The molecule has 31 heavy (non-hydrogen) atoms. The van der Waals surface area contributed by atoms with Crippen molar-refractivity contribution in [2.24, 2.45) is 0 Å². The minimum absolute atomic E-state index is 0. The number of halogens is 1. The van der Waals surface area contributed by atoms with E-state index in [0.29, 0.717) is 18.0 Å². The first-order valence-electron chi connectivity index (χ1n) is 9.97. The molecule has 0 radical (unpaired) electrons. The Hall–Kier alpha value is -2.35. The summed E-state index contributed by atoms with van der Waals surface area (Å²) in [5.41, 5.74) is 3.26. The van der Waals surface area contributed by atoms with Crippen LogP contribution in [0.25, 0.3) is 10.2 Å². The number of hydrogen-bond acceptors (Lipinski definition) is 6. The third-order valence-electron chi connectivity index (χ3n) is 4.85. The van der Waals surface area contributed by atoms with Crippen molar-refractivity contribution in [3.8, 4) is 11.5 Å². The summed E-state index contributed by atoms with van der Waals surface area (Å²) in [5, 5.41) is 0.723. The average molecular weight is 464 g/mol. The van der Waals surface area contributed by atoms with Crippen LogP contribution in [0.1, 0.15) is 17.5 Å². The number of methoxy groups -OCH3 is 1. The number of nitrogens with zero attached hydrogens (tertiary/aromatic N) is 3. The van der Waals surface area contributed by atoms with Crippen molar-refractivity contribution < 1.29 is 14.3 Å². The van der Waals surface area contributed by atoms with E-state index in [2.05, 4.69) is 30.9 Å². The Morgan fingerprint density at radius 1 is 1.06 bits per heavy atom. The number of aryl methyl sites for hydroxylation is 2. The van der Waals surface area contributed by atoms with Crippen LogP contribution in [-0.2, 0) is 4.79 Å². The summed E-state index contributed by atoms with van der Waals surface area (Å²) in [6.45, 7) is 5.56. The average Bonchev–Trinajstić information content (AvgIpc) is 3.18. The van der Waals surface area contributed by atoms with Crippen molar-refractivity contribution in [1.82, 2.24) is 9.88 Å². The van der Waals surface area contributed by atoms with Gasteiger partial charge in [0.05, 0.1) is 17.3 Å². The van der Waals surface area contributed by atoms with Crippen LogP contribution in [0, 0.1) is 13.8 Å². The van der Waals surface area contributed by atoms with E-state index in [9.17, 15) is 4.79 Å². The number of rotatable bonds is 9. The fourth-order valence-corrected chi connectivity index (χ4v) is 4.30. The summed E-state index contributed by atoms with van der Waals surface area (Å²) in [5.74, 6) is 1.19. The molecule has 0 unspecified atom stereocenters. The molecule has 2 aromatic carbocycles. The number of aromatic nitrogens is 1. The second-order valence-corrected chi connectivity index (χ2v) is 8.52. The molecule has 1 heterocycles. The number of ether oxygens (including phenoxy) is 2. The maximum atomic E-state index is 13.1.